The minimum Gasteiger partial charge on any atom is -0.457 e. The van der Waals surface area contributed by atoms with Crippen molar-refractivity contribution in [3.8, 4) is 0 Å². The molecule has 1 saturated heterocycles. The van der Waals surface area contributed by atoms with Crippen LogP contribution in [-0.4, -0.2) is 79.3 Å². The zero-order chi connectivity index (χ0) is 27.3. The minimum atomic E-state index is -1.41. The highest BCUT2D eigenvalue weighted by Crippen LogP contribution is 2.39. The van der Waals surface area contributed by atoms with Gasteiger partial charge in [0.2, 0.25) is 0 Å². The maximum Gasteiger partial charge on any atom is 0.309 e. The van der Waals surface area contributed by atoms with Crippen LogP contribution in [0.2, 0.25) is 0 Å². The molecule has 0 radical (unpaired) electrons. The summed E-state index contributed by atoms with van der Waals surface area (Å²) < 4.78 is 11.3. The third-order valence-corrected chi connectivity index (χ3v) is 7.43. The normalized spacial score (nSPS) is 38.9. The third kappa shape index (κ3) is 8.50. The van der Waals surface area contributed by atoms with Gasteiger partial charge >= 0.3 is 5.97 Å². The van der Waals surface area contributed by atoms with Crippen molar-refractivity contribution in [2.75, 3.05) is 0 Å². The fraction of sp³-hybridized carbons (Fsp3) is 0.750. The van der Waals surface area contributed by atoms with Crippen LogP contribution in [0.1, 0.15) is 73.6 Å². The second-order valence-electron chi connectivity index (χ2n) is 11.1. The van der Waals surface area contributed by atoms with Gasteiger partial charge < -0.3 is 35.0 Å². The predicted molar refractivity (Wildman–Crippen MR) is 137 cm³/mol. The Morgan fingerprint density at radius 1 is 1.33 bits per heavy atom. The number of carbonyl (C=O) groups excluding carboxylic acids is 1. The Morgan fingerprint density at radius 2 is 2.00 bits per heavy atom. The van der Waals surface area contributed by atoms with E-state index in [9.17, 15) is 30.3 Å². The van der Waals surface area contributed by atoms with Crippen molar-refractivity contribution < 1.29 is 39.8 Å². The molecule has 0 aliphatic carbocycles. The molecule has 5 N–H and O–H groups in total. The van der Waals surface area contributed by atoms with Gasteiger partial charge in [0.05, 0.1) is 30.3 Å². The van der Waals surface area contributed by atoms with Crippen LogP contribution in [0.25, 0.3) is 0 Å². The fourth-order valence-electron chi connectivity index (χ4n) is 4.67. The Labute approximate surface area is 215 Å². The van der Waals surface area contributed by atoms with Crippen LogP contribution < -0.4 is 0 Å². The molecule has 8 heteroatoms. The lowest BCUT2D eigenvalue weighted by Crippen LogP contribution is -2.45. The first-order chi connectivity index (χ1) is 16.7. The molecule has 0 aromatic carbocycles. The Hall–Kier alpha value is -1.55. The number of rotatable bonds is 8. The van der Waals surface area contributed by atoms with Gasteiger partial charge in [-0.1, -0.05) is 51.2 Å². The number of aliphatic hydroxyl groups excluding tert-OH is 3. The zero-order valence-corrected chi connectivity index (χ0v) is 22.5. The molecule has 206 valence electrons. The van der Waals surface area contributed by atoms with Crippen LogP contribution in [0.5, 0.6) is 0 Å². The number of epoxide rings is 1. The van der Waals surface area contributed by atoms with Crippen LogP contribution >= 0.6 is 0 Å². The molecule has 2 rings (SSSR count). The fourth-order valence-corrected chi connectivity index (χ4v) is 4.67. The van der Waals surface area contributed by atoms with Crippen molar-refractivity contribution in [1.29, 1.82) is 0 Å². The van der Waals surface area contributed by atoms with E-state index in [0.717, 1.165) is 5.57 Å². The Bertz CT molecular complexity index is 814. The summed E-state index contributed by atoms with van der Waals surface area (Å²) >= 11 is 0. The van der Waals surface area contributed by atoms with Gasteiger partial charge in [-0.25, -0.2) is 0 Å². The van der Waals surface area contributed by atoms with Crippen LogP contribution in [-0.2, 0) is 14.3 Å². The summed E-state index contributed by atoms with van der Waals surface area (Å²) in [6, 6.07) is 0. The summed E-state index contributed by atoms with van der Waals surface area (Å²) in [6.45, 7) is 10.7. The molecule has 10 unspecified atom stereocenters. The highest BCUT2D eigenvalue weighted by Gasteiger charge is 2.54. The first kappa shape index (κ1) is 30.7. The molecule has 36 heavy (non-hydrogen) atoms. The molecule has 8 nitrogen and oxygen atoms in total. The summed E-state index contributed by atoms with van der Waals surface area (Å²) in [5, 5.41) is 51.7. The molecule has 0 spiro atoms. The molecule has 0 amide bonds. The molecule has 0 aromatic rings. The molecule has 2 heterocycles. The number of esters is 1. The topological polar surface area (TPSA) is 140 Å². The van der Waals surface area contributed by atoms with Gasteiger partial charge in [-0.15, -0.1) is 0 Å². The molecule has 10 atom stereocenters. The van der Waals surface area contributed by atoms with E-state index in [0.29, 0.717) is 12.8 Å². The lowest BCUT2D eigenvalue weighted by Gasteiger charge is -2.30. The van der Waals surface area contributed by atoms with Gasteiger partial charge in [0.15, 0.2) is 0 Å². The average Bonchev–Trinajstić information content (AvgIpc) is 3.57. The Balaban J connectivity index is 2.06. The van der Waals surface area contributed by atoms with Gasteiger partial charge in [-0.05, 0) is 57.9 Å². The maximum absolute atomic E-state index is 12.5. The van der Waals surface area contributed by atoms with Crippen molar-refractivity contribution in [3.63, 3.8) is 0 Å². The van der Waals surface area contributed by atoms with E-state index in [1.165, 1.54) is 13.0 Å². The van der Waals surface area contributed by atoms with Gasteiger partial charge in [0, 0.05) is 5.92 Å². The second-order valence-corrected chi connectivity index (χ2v) is 11.1. The van der Waals surface area contributed by atoms with Crippen LogP contribution in [0.3, 0.4) is 0 Å². The molecule has 0 saturated carbocycles. The van der Waals surface area contributed by atoms with Crippen molar-refractivity contribution >= 4 is 5.97 Å². The third-order valence-electron chi connectivity index (χ3n) is 7.43. The summed E-state index contributed by atoms with van der Waals surface area (Å²) in [6.07, 6.45) is 6.32. The number of carbonyl (C=O) groups is 1. The summed E-state index contributed by atoms with van der Waals surface area (Å²) in [5.41, 5.74) is -1.88. The van der Waals surface area contributed by atoms with Gasteiger partial charge in [-0.2, -0.15) is 0 Å². The van der Waals surface area contributed by atoms with E-state index < -0.39 is 41.6 Å². The molecule has 0 aromatic heterocycles. The maximum atomic E-state index is 12.5. The Kier molecular flexibility index (Phi) is 10.9. The summed E-state index contributed by atoms with van der Waals surface area (Å²) in [5.74, 6) is -0.634. The predicted octanol–water partition coefficient (Wildman–Crippen LogP) is 2.57. The van der Waals surface area contributed by atoms with Crippen molar-refractivity contribution in [1.82, 2.24) is 0 Å². The molecule has 2 aliphatic rings. The zero-order valence-electron chi connectivity index (χ0n) is 22.5. The SMILES string of the molecule is CCC(O)C(C)(O)C1OC1CC(C)/C=C/C=C(\C)C1OC(=O)CC(O)CCC(C)(O)C(O)/C=C\C1C. The lowest BCUT2D eigenvalue weighted by atomic mass is 9.89. The number of allylic oxidation sites excluding steroid dienone is 3. The highest BCUT2D eigenvalue weighted by atomic mass is 16.6. The quantitative estimate of drug-likeness (QED) is 0.145. The van der Waals surface area contributed by atoms with E-state index in [4.69, 9.17) is 9.47 Å². The minimum absolute atomic E-state index is 0.113. The first-order valence-corrected chi connectivity index (χ1v) is 13.1. The number of hydrogen-bond acceptors (Lipinski definition) is 8. The molecule has 0 bridgehead atoms. The van der Waals surface area contributed by atoms with Gasteiger partial charge in [0.1, 0.15) is 23.9 Å². The molecular formula is C28H46O8. The van der Waals surface area contributed by atoms with E-state index in [1.54, 1.807) is 13.0 Å². The van der Waals surface area contributed by atoms with Crippen molar-refractivity contribution in [2.24, 2.45) is 11.8 Å². The van der Waals surface area contributed by atoms with E-state index >= 15 is 0 Å². The average molecular weight is 511 g/mol. The molecule has 1 fully saturated rings. The molecule has 2 aliphatic heterocycles. The molecular weight excluding hydrogens is 464 g/mol. The van der Waals surface area contributed by atoms with Crippen LogP contribution in [0.15, 0.2) is 36.0 Å². The van der Waals surface area contributed by atoms with E-state index in [1.807, 2.05) is 45.9 Å². The summed E-state index contributed by atoms with van der Waals surface area (Å²) in [4.78, 5) is 12.5. The van der Waals surface area contributed by atoms with Gasteiger partial charge in [-0.3, -0.25) is 4.79 Å². The van der Waals surface area contributed by atoms with Crippen LogP contribution in [0.4, 0.5) is 0 Å². The van der Waals surface area contributed by atoms with E-state index in [-0.39, 0.29) is 43.3 Å². The number of cyclic esters (lactones) is 1. The summed E-state index contributed by atoms with van der Waals surface area (Å²) in [7, 11) is 0. The van der Waals surface area contributed by atoms with Gasteiger partial charge in [0.25, 0.3) is 0 Å². The monoisotopic (exact) mass is 510 g/mol. The lowest BCUT2D eigenvalue weighted by molar-refractivity contribution is -0.151. The van der Waals surface area contributed by atoms with Crippen molar-refractivity contribution in [3.05, 3.63) is 36.0 Å². The van der Waals surface area contributed by atoms with Crippen molar-refractivity contribution in [2.45, 2.75) is 121 Å². The number of aliphatic hydroxyl groups is 5. The Morgan fingerprint density at radius 3 is 2.64 bits per heavy atom. The van der Waals surface area contributed by atoms with Crippen LogP contribution in [0, 0.1) is 11.8 Å². The van der Waals surface area contributed by atoms with E-state index in [2.05, 4.69) is 0 Å². The standard InChI is InChI=1S/C28H46O8/c1-7-22(30)28(6,34)26-21(35-26)15-17(2)9-8-10-18(3)25-19(4)11-12-23(31)27(5,33)14-13-20(29)16-24(32)36-25/h8-12,17,19-23,25-26,29-31,33-34H,7,13-16H2,1-6H3/b9-8+,12-11-,18-10+. The number of ether oxygens (including phenoxy) is 2. The smallest absolute Gasteiger partial charge is 0.309 e. The second kappa shape index (κ2) is 12.8. The number of hydrogen-bond donors (Lipinski definition) is 5. The first-order valence-electron chi connectivity index (χ1n) is 13.1. The highest BCUT2D eigenvalue weighted by molar-refractivity contribution is 5.70. The largest absolute Gasteiger partial charge is 0.457 e.